The molecule has 1 aliphatic heterocycles. The Balaban J connectivity index is 1.58. The number of methoxy groups -OCH3 is 1. The molecule has 4 heterocycles. The summed E-state index contributed by atoms with van der Waals surface area (Å²) in [6.45, 7) is 0.759. The van der Waals surface area contributed by atoms with Gasteiger partial charge in [-0.25, -0.2) is 19.2 Å². The highest BCUT2D eigenvalue weighted by molar-refractivity contribution is 6.02. The van der Waals surface area contributed by atoms with Crippen molar-refractivity contribution in [1.82, 2.24) is 19.7 Å². The maximum atomic E-state index is 14.6. The first-order chi connectivity index (χ1) is 16.0. The molecular formula is C23H20FN5O4. The van der Waals surface area contributed by atoms with Crippen LogP contribution in [0.25, 0.3) is 22.0 Å². The Morgan fingerprint density at radius 3 is 2.88 bits per heavy atom. The summed E-state index contributed by atoms with van der Waals surface area (Å²) >= 11 is 0. The van der Waals surface area contributed by atoms with Crippen molar-refractivity contribution in [3.8, 4) is 22.9 Å². The second-order valence-corrected chi connectivity index (χ2v) is 7.59. The van der Waals surface area contributed by atoms with E-state index in [9.17, 15) is 14.3 Å². The highest BCUT2D eigenvalue weighted by atomic mass is 19.1. The lowest BCUT2D eigenvalue weighted by molar-refractivity contribution is 0.0689. The fourth-order valence-electron chi connectivity index (χ4n) is 4.07. The molecule has 0 unspecified atom stereocenters. The SMILES string of the molecule is COc1cc2c(-c3cc(C(=O)O)nn3C)cnc(NCc3c(F)ccc4c3CCO4)c2cn1. The predicted octanol–water partition coefficient (Wildman–Crippen LogP) is 3.42. The van der Waals surface area contributed by atoms with E-state index >= 15 is 0 Å². The zero-order valence-electron chi connectivity index (χ0n) is 17.9. The molecule has 0 fully saturated rings. The summed E-state index contributed by atoms with van der Waals surface area (Å²) < 4.78 is 26.9. The number of aryl methyl sites for hydroxylation is 1. The second kappa shape index (κ2) is 8.05. The Labute approximate surface area is 187 Å². The fourth-order valence-corrected chi connectivity index (χ4v) is 4.07. The number of ether oxygens (including phenoxy) is 2. The number of pyridine rings is 2. The molecule has 3 aromatic heterocycles. The van der Waals surface area contributed by atoms with E-state index in [1.54, 1.807) is 31.6 Å². The van der Waals surface area contributed by atoms with Gasteiger partial charge < -0.3 is 19.9 Å². The molecule has 168 valence electrons. The molecule has 1 aromatic carbocycles. The first-order valence-electron chi connectivity index (χ1n) is 10.2. The lowest BCUT2D eigenvalue weighted by Crippen LogP contribution is -2.07. The molecule has 0 amide bonds. The number of aromatic nitrogens is 4. The van der Waals surface area contributed by atoms with Gasteiger partial charge in [-0.2, -0.15) is 5.10 Å². The van der Waals surface area contributed by atoms with Crippen LogP contribution in [-0.4, -0.2) is 44.5 Å². The highest BCUT2D eigenvalue weighted by Crippen LogP contribution is 2.35. The number of aromatic carboxylic acids is 1. The molecule has 0 saturated heterocycles. The quantitative estimate of drug-likeness (QED) is 0.461. The number of anilines is 1. The third kappa shape index (κ3) is 3.59. The van der Waals surface area contributed by atoms with Crippen LogP contribution in [0.2, 0.25) is 0 Å². The van der Waals surface area contributed by atoms with Crippen molar-refractivity contribution in [2.24, 2.45) is 7.05 Å². The Hall–Kier alpha value is -4.21. The largest absolute Gasteiger partial charge is 0.493 e. The van der Waals surface area contributed by atoms with E-state index in [4.69, 9.17) is 9.47 Å². The van der Waals surface area contributed by atoms with Crippen molar-refractivity contribution in [3.05, 3.63) is 59.3 Å². The van der Waals surface area contributed by atoms with E-state index in [0.29, 0.717) is 52.7 Å². The van der Waals surface area contributed by atoms with Crippen LogP contribution in [0.1, 0.15) is 21.6 Å². The lowest BCUT2D eigenvalue weighted by Gasteiger charge is -2.14. The predicted molar refractivity (Wildman–Crippen MR) is 118 cm³/mol. The summed E-state index contributed by atoms with van der Waals surface area (Å²) in [5, 5.41) is 18.0. The van der Waals surface area contributed by atoms with Crippen molar-refractivity contribution < 1.29 is 23.8 Å². The minimum Gasteiger partial charge on any atom is -0.493 e. The van der Waals surface area contributed by atoms with Gasteiger partial charge in [-0.15, -0.1) is 0 Å². The van der Waals surface area contributed by atoms with Crippen LogP contribution in [-0.2, 0) is 20.0 Å². The van der Waals surface area contributed by atoms with Gasteiger partial charge in [-0.1, -0.05) is 0 Å². The second-order valence-electron chi connectivity index (χ2n) is 7.59. The van der Waals surface area contributed by atoms with Gasteiger partial charge in [0.1, 0.15) is 17.4 Å². The van der Waals surface area contributed by atoms with Crippen molar-refractivity contribution in [1.29, 1.82) is 0 Å². The molecule has 0 bridgehead atoms. The molecule has 0 spiro atoms. The maximum absolute atomic E-state index is 14.6. The molecular weight excluding hydrogens is 429 g/mol. The third-order valence-corrected chi connectivity index (χ3v) is 5.70. The van der Waals surface area contributed by atoms with Crippen LogP contribution in [0.4, 0.5) is 10.2 Å². The number of rotatable bonds is 6. The lowest BCUT2D eigenvalue weighted by atomic mass is 10.0. The summed E-state index contributed by atoms with van der Waals surface area (Å²) in [6, 6.07) is 6.30. The first-order valence-corrected chi connectivity index (χ1v) is 10.2. The van der Waals surface area contributed by atoms with Crippen LogP contribution >= 0.6 is 0 Å². The molecule has 2 N–H and O–H groups in total. The molecule has 0 radical (unpaired) electrons. The summed E-state index contributed by atoms with van der Waals surface area (Å²) in [7, 11) is 3.18. The van der Waals surface area contributed by atoms with Crippen LogP contribution in [0.5, 0.6) is 11.6 Å². The standard InChI is InChI=1S/C23H20FN5O4/c1-29-19(8-18(28-29)23(30)31)15-10-27-22(16-11-25-21(32-2)7-13(15)16)26-9-14-12-5-6-33-20(12)4-3-17(14)24/h3-4,7-8,10-11H,5-6,9H2,1-2H3,(H,26,27)(H,30,31). The number of hydrogen-bond acceptors (Lipinski definition) is 7. The number of nitrogens with one attached hydrogen (secondary N) is 1. The van der Waals surface area contributed by atoms with Gasteiger partial charge in [0.15, 0.2) is 5.69 Å². The number of carboxylic acids is 1. The van der Waals surface area contributed by atoms with E-state index < -0.39 is 5.97 Å². The van der Waals surface area contributed by atoms with Crippen LogP contribution < -0.4 is 14.8 Å². The number of carbonyl (C=O) groups is 1. The molecule has 0 saturated carbocycles. The normalized spacial score (nSPS) is 12.5. The van der Waals surface area contributed by atoms with Crippen LogP contribution in [0.3, 0.4) is 0 Å². The zero-order valence-corrected chi connectivity index (χ0v) is 17.9. The topological polar surface area (TPSA) is 111 Å². The average molecular weight is 449 g/mol. The van der Waals surface area contributed by atoms with Crippen molar-refractivity contribution in [2.45, 2.75) is 13.0 Å². The van der Waals surface area contributed by atoms with Gasteiger partial charge in [-0.05, 0) is 18.2 Å². The Morgan fingerprint density at radius 2 is 2.12 bits per heavy atom. The average Bonchev–Trinajstić information content (AvgIpc) is 3.44. The Morgan fingerprint density at radius 1 is 1.27 bits per heavy atom. The smallest absolute Gasteiger partial charge is 0.356 e. The number of nitrogens with zero attached hydrogens (tertiary/aromatic N) is 4. The summed E-state index contributed by atoms with van der Waals surface area (Å²) in [4.78, 5) is 20.2. The minimum absolute atomic E-state index is 0.0699. The van der Waals surface area contributed by atoms with E-state index in [1.807, 2.05) is 0 Å². The van der Waals surface area contributed by atoms with Gasteiger partial charge in [0.05, 0.1) is 19.4 Å². The molecule has 33 heavy (non-hydrogen) atoms. The molecule has 9 nitrogen and oxygen atoms in total. The molecule has 5 rings (SSSR count). The fraction of sp³-hybridized carbons (Fsp3) is 0.217. The van der Waals surface area contributed by atoms with E-state index in [2.05, 4.69) is 20.4 Å². The number of benzene rings is 1. The van der Waals surface area contributed by atoms with Gasteiger partial charge >= 0.3 is 5.97 Å². The number of fused-ring (bicyclic) bond motifs is 2. The maximum Gasteiger partial charge on any atom is 0.356 e. The zero-order chi connectivity index (χ0) is 23.1. The Bertz CT molecular complexity index is 1400. The molecule has 4 aromatic rings. The van der Waals surface area contributed by atoms with Crippen LogP contribution in [0, 0.1) is 5.82 Å². The van der Waals surface area contributed by atoms with Crippen molar-refractivity contribution in [2.75, 3.05) is 19.0 Å². The summed E-state index contributed by atoms with van der Waals surface area (Å²) in [5.41, 5.74) is 2.58. The van der Waals surface area contributed by atoms with Crippen molar-refractivity contribution >= 4 is 22.6 Å². The molecule has 0 aliphatic carbocycles. The van der Waals surface area contributed by atoms with E-state index in [0.717, 1.165) is 10.9 Å². The Kier molecular flexibility index (Phi) is 5.04. The van der Waals surface area contributed by atoms with Gasteiger partial charge in [0, 0.05) is 65.9 Å². The van der Waals surface area contributed by atoms with Gasteiger partial charge in [0.2, 0.25) is 5.88 Å². The van der Waals surface area contributed by atoms with Crippen molar-refractivity contribution in [3.63, 3.8) is 0 Å². The number of carboxylic acid groups (broad SMARTS) is 1. The molecule has 10 heteroatoms. The summed E-state index contributed by atoms with van der Waals surface area (Å²) in [5.74, 6) is 0.195. The monoisotopic (exact) mass is 449 g/mol. The first kappa shape index (κ1) is 20.7. The minimum atomic E-state index is -1.12. The highest BCUT2D eigenvalue weighted by Gasteiger charge is 2.21. The number of halogens is 1. The molecule has 0 atom stereocenters. The van der Waals surface area contributed by atoms with E-state index in [1.165, 1.54) is 23.9 Å². The van der Waals surface area contributed by atoms with Gasteiger partial charge in [-0.3, -0.25) is 4.68 Å². The third-order valence-electron chi connectivity index (χ3n) is 5.70. The molecule has 1 aliphatic rings. The van der Waals surface area contributed by atoms with E-state index in [-0.39, 0.29) is 18.1 Å². The van der Waals surface area contributed by atoms with Crippen LogP contribution in [0.15, 0.2) is 36.7 Å². The summed E-state index contributed by atoms with van der Waals surface area (Å²) in [6.07, 6.45) is 3.90. The van der Waals surface area contributed by atoms with Gasteiger partial charge in [0.25, 0.3) is 0 Å². The number of hydrogen-bond donors (Lipinski definition) is 2.